The van der Waals surface area contributed by atoms with Crippen molar-refractivity contribution in [2.45, 2.75) is 164 Å². The van der Waals surface area contributed by atoms with Gasteiger partial charge in [-0.3, -0.25) is 9.59 Å². The van der Waals surface area contributed by atoms with E-state index >= 15 is 0 Å². The van der Waals surface area contributed by atoms with Crippen LogP contribution >= 0.6 is 0 Å². The second kappa shape index (κ2) is 13.0. The molecule has 0 amide bonds. The van der Waals surface area contributed by atoms with E-state index in [0.717, 1.165) is 38.5 Å². The number of esters is 1. The Morgan fingerprint density at radius 3 is 2.18 bits per heavy atom. The number of aliphatic hydroxyl groups is 1. The molecule has 0 aliphatic heterocycles. The van der Waals surface area contributed by atoms with E-state index in [0.29, 0.717) is 29.6 Å². The van der Waals surface area contributed by atoms with Gasteiger partial charge < -0.3 is 14.9 Å². The van der Waals surface area contributed by atoms with E-state index in [-0.39, 0.29) is 64.0 Å². The molecule has 0 aromatic heterocycles. The molecule has 0 bridgehead atoms. The van der Waals surface area contributed by atoms with E-state index in [1.807, 2.05) is 13.8 Å². The number of allylic oxidation sites excluding steroid dienone is 1. The Hall–Kier alpha value is -2.14. The molecule has 0 radical (unpaired) electrons. The molecule has 12 atom stereocenters. The molecule has 5 heteroatoms. The van der Waals surface area contributed by atoms with E-state index in [2.05, 4.69) is 86.2 Å². The minimum absolute atomic E-state index is 0.0449. The van der Waals surface area contributed by atoms with Crippen molar-refractivity contribution in [3.8, 4) is 0 Å². The summed E-state index contributed by atoms with van der Waals surface area (Å²) >= 11 is 0. The van der Waals surface area contributed by atoms with Crippen molar-refractivity contribution in [1.82, 2.24) is 0 Å². The lowest BCUT2D eigenvalue weighted by molar-refractivity contribution is -0.256. The summed E-state index contributed by atoms with van der Waals surface area (Å²) in [5.74, 6) is 1.50. The summed E-state index contributed by atoms with van der Waals surface area (Å²) in [5, 5.41) is 21.9. The first-order valence-corrected chi connectivity index (χ1v) is 20.4. The fourth-order valence-electron chi connectivity index (χ4n) is 14.5. The van der Waals surface area contributed by atoms with Crippen molar-refractivity contribution in [2.24, 2.45) is 62.1 Å². The zero-order valence-electron chi connectivity index (χ0n) is 33.7. The van der Waals surface area contributed by atoms with Crippen molar-refractivity contribution in [1.29, 1.82) is 0 Å². The smallest absolute Gasteiger partial charge is 0.306 e. The highest BCUT2D eigenvalue weighted by Gasteiger charge is 2.72. The Morgan fingerprint density at radius 2 is 1.55 bits per heavy atom. The number of fused-ring (bicyclic) bond motifs is 7. The lowest BCUT2D eigenvalue weighted by Crippen LogP contribution is -2.67. The van der Waals surface area contributed by atoms with Gasteiger partial charge in [0.2, 0.25) is 0 Å². The molecular weight excluding hydrogens is 633 g/mol. The summed E-state index contributed by atoms with van der Waals surface area (Å²) in [7, 11) is 0. The fraction of sp³-hybridized carbons (Fsp3) is 0.783. The van der Waals surface area contributed by atoms with Gasteiger partial charge in [-0.1, -0.05) is 97.4 Å². The van der Waals surface area contributed by atoms with Crippen LogP contribution in [0.1, 0.15) is 156 Å². The highest BCUT2D eigenvalue weighted by Crippen LogP contribution is 2.78. The molecule has 0 heterocycles. The van der Waals surface area contributed by atoms with Crippen LogP contribution in [0.2, 0.25) is 0 Å². The minimum atomic E-state index is -0.880. The highest BCUT2D eigenvalue weighted by atomic mass is 16.5. The summed E-state index contributed by atoms with van der Waals surface area (Å²) in [5.41, 5.74) is 3.50. The number of hydrogen-bond donors (Lipinski definition) is 2. The monoisotopic (exact) mass is 703 g/mol. The fourth-order valence-corrected chi connectivity index (χ4v) is 14.5. The van der Waals surface area contributed by atoms with Crippen molar-refractivity contribution >= 4 is 11.9 Å². The second-order valence-corrected chi connectivity index (χ2v) is 20.8. The zero-order chi connectivity index (χ0) is 37.5. The largest absolute Gasteiger partial charge is 0.481 e. The number of benzene rings is 1. The van der Waals surface area contributed by atoms with Crippen LogP contribution in [0.25, 0.3) is 0 Å². The van der Waals surface area contributed by atoms with Crippen molar-refractivity contribution in [3.63, 3.8) is 0 Å². The van der Waals surface area contributed by atoms with Gasteiger partial charge in [-0.05, 0) is 135 Å². The Kier molecular flexibility index (Phi) is 9.85. The van der Waals surface area contributed by atoms with Gasteiger partial charge in [0.25, 0.3) is 0 Å². The number of rotatable bonds is 9. The van der Waals surface area contributed by atoms with Gasteiger partial charge in [0.15, 0.2) is 0 Å². The molecule has 0 spiro atoms. The zero-order valence-corrected chi connectivity index (χ0v) is 33.7. The first-order valence-electron chi connectivity index (χ1n) is 20.4. The number of carboxylic acid groups (broad SMARTS) is 1. The van der Waals surface area contributed by atoms with Crippen molar-refractivity contribution < 1.29 is 24.5 Å². The topological polar surface area (TPSA) is 83.8 Å². The molecule has 2 N–H and O–H groups in total. The van der Waals surface area contributed by atoms with Crippen LogP contribution in [-0.4, -0.2) is 34.4 Å². The lowest BCUT2D eigenvalue weighted by Gasteiger charge is -2.73. The molecule has 5 aliphatic rings. The third-order valence-electron chi connectivity index (χ3n) is 17.3. The van der Waals surface area contributed by atoms with E-state index in [1.165, 1.54) is 42.4 Å². The first-order chi connectivity index (χ1) is 23.6. The van der Waals surface area contributed by atoms with Gasteiger partial charge in [-0.2, -0.15) is 0 Å². The van der Waals surface area contributed by atoms with Crippen LogP contribution in [-0.2, 0) is 14.3 Å². The number of ether oxygens (including phenoxy) is 1. The molecule has 2 unspecified atom stereocenters. The van der Waals surface area contributed by atoms with Gasteiger partial charge in [-0.15, -0.1) is 0 Å². The number of hydrogen-bond acceptors (Lipinski definition) is 4. The number of aliphatic hydroxyl groups excluding tert-OH is 1. The number of aliphatic carboxylic acids is 1. The second-order valence-electron chi connectivity index (χ2n) is 20.8. The van der Waals surface area contributed by atoms with Crippen LogP contribution in [0.15, 0.2) is 36.4 Å². The molecule has 5 aliphatic carbocycles. The average molecular weight is 703 g/mol. The number of carboxylic acids is 1. The van der Waals surface area contributed by atoms with E-state index in [1.54, 1.807) is 0 Å². The van der Waals surface area contributed by atoms with E-state index in [4.69, 9.17) is 4.74 Å². The average Bonchev–Trinajstić information content (AvgIpc) is 3.43. The standard InChI is InChI=1S/C46H70O5/c1-28(2)32-18-23-46(40(50)30(4)31-14-12-29(3)13-15-31)25-24-44(10)33(39(32)46)16-17-35-43(9)21-20-36(42(7,8)34(43)19-22-45(35,44)11)51-38(49)27-41(5,6)26-37(47)48/h12-15,30,32-36,39-40,50H,1,16-27H2,2-11H3,(H,47,48)/t30?,32-,33+,34-,35+,36-,39+,40?,43-,44+,45+,46-/m0/s1. The normalized spacial score (nSPS) is 41.2. The number of aryl methyl sites for hydroxylation is 1. The van der Waals surface area contributed by atoms with E-state index < -0.39 is 11.4 Å². The van der Waals surface area contributed by atoms with Gasteiger partial charge in [0, 0.05) is 16.7 Å². The van der Waals surface area contributed by atoms with Crippen LogP contribution in [0.3, 0.4) is 0 Å². The Labute approximate surface area is 309 Å². The summed E-state index contributed by atoms with van der Waals surface area (Å²) in [6, 6.07) is 8.85. The molecule has 5 fully saturated rings. The van der Waals surface area contributed by atoms with E-state index in [9.17, 15) is 19.8 Å². The van der Waals surface area contributed by atoms with Crippen LogP contribution in [0.5, 0.6) is 0 Å². The summed E-state index contributed by atoms with van der Waals surface area (Å²) in [4.78, 5) is 24.7. The quantitative estimate of drug-likeness (QED) is 0.198. The third kappa shape index (κ3) is 6.06. The summed E-state index contributed by atoms with van der Waals surface area (Å²) in [6.07, 6.45) is 10.8. The van der Waals surface area contributed by atoms with Crippen molar-refractivity contribution in [2.75, 3.05) is 0 Å². The van der Waals surface area contributed by atoms with Gasteiger partial charge in [0.1, 0.15) is 6.10 Å². The van der Waals surface area contributed by atoms with Crippen LogP contribution in [0, 0.1) is 69.0 Å². The SMILES string of the molecule is C=C(C)[C@@H]1CC[C@]2(C(O)C(C)c3ccc(C)cc3)CC[C@]3(C)[C@H](CC[C@@H]4[C@@]5(C)CC[C@H](OC(=O)CC(C)(C)CC(=O)O)C(C)(C)[C@@H]5CC[C@]43C)[C@@H]12. The first kappa shape index (κ1) is 38.6. The summed E-state index contributed by atoms with van der Waals surface area (Å²) in [6.45, 7) is 27.5. The van der Waals surface area contributed by atoms with Gasteiger partial charge in [-0.25, -0.2) is 0 Å². The Bertz CT molecular complexity index is 1510. The Balaban J connectivity index is 1.27. The molecule has 6 rings (SSSR count). The predicted molar refractivity (Wildman–Crippen MR) is 205 cm³/mol. The predicted octanol–water partition coefficient (Wildman–Crippen LogP) is 10.9. The number of carbonyl (C=O) groups excluding carboxylic acids is 1. The molecule has 1 aromatic rings. The maximum atomic E-state index is 13.3. The minimum Gasteiger partial charge on any atom is -0.481 e. The number of carbonyl (C=O) groups is 2. The lowest BCUT2D eigenvalue weighted by atomic mass is 9.32. The molecule has 0 saturated heterocycles. The molecule has 5 saturated carbocycles. The highest BCUT2D eigenvalue weighted by molar-refractivity contribution is 5.73. The maximum Gasteiger partial charge on any atom is 0.306 e. The van der Waals surface area contributed by atoms with Gasteiger partial charge >= 0.3 is 11.9 Å². The maximum absolute atomic E-state index is 13.3. The van der Waals surface area contributed by atoms with Gasteiger partial charge in [0.05, 0.1) is 18.9 Å². The van der Waals surface area contributed by atoms with Crippen LogP contribution < -0.4 is 0 Å². The van der Waals surface area contributed by atoms with Crippen LogP contribution in [0.4, 0.5) is 0 Å². The molecule has 5 nitrogen and oxygen atoms in total. The van der Waals surface area contributed by atoms with Crippen molar-refractivity contribution in [3.05, 3.63) is 47.5 Å². The Morgan fingerprint density at radius 1 is 0.882 bits per heavy atom. The molecular formula is C46H70O5. The molecule has 1 aromatic carbocycles. The summed E-state index contributed by atoms with van der Waals surface area (Å²) < 4.78 is 6.29. The third-order valence-corrected chi connectivity index (χ3v) is 17.3. The molecule has 284 valence electrons. The molecule has 51 heavy (non-hydrogen) atoms.